The summed E-state index contributed by atoms with van der Waals surface area (Å²) in [6.07, 6.45) is 6.40. The van der Waals surface area contributed by atoms with Crippen molar-refractivity contribution in [1.29, 1.82) is 0 Å². The van der Waals surface area contributed by atoms with Gasteiger partial charge in [0.25, 0.3) is 5.91 Å². The monoisotopic (exact) mass is 293 g/mol. The van der Waals surface area contributed by atoms with Gasteiger partial charge in [-0.15, -0.1) is 11.3 Å². The highest BCUT2D eigenvalue weighted by molar-refractivity contribution is 7.18. The number of nitrogen functional groups attached to an aromatic ring is 1. The minimum absolute atomic E-state index is 0.389. The van der Waals surface area contributed by atoms with Crippen LogP contribution in [0.5, 0.6) is 0 Å². The Morgan fingerprint density at radius 1 is 1.35 bits per heavy atom. The summed E-state index contributed by atoms with van der Waals surface area (Å²) < 4.78 is 0. The zero-order valence-corrected chi connectivity index (χ0v) is 12.8. The Morgan fingerprint density at radius 2 is 2.05 bits per heavy atom. The molecule has 0 unspecified atom stereocenters. The van der Waals surface area contributed by atoms with Crippen molar-refractivity contribution >= 4 is 27.9 Å². The van der Waals surface area contributed by atoms with E-state index in [0.717, 1.165) is 19.0 Å². The lowest BCUT2D eigenvalue weighted by molar-refractivity contribution is 0.100. The van der Waals surface area contributed by atoms with E-state index in [1.807, 2.05) is 0 Å². The van der Waals surface area contributed by atoms with Gasteiger partial charge in [-0.3, -0.25) is 4.79 Å². The minimum Gasteiger partial charge on any atom is -0.397 e. The number of anilines is 2. The van der Waals surface area contributed by atoms with Crippen LogP contribution in [0.3, 0.4) is 0 Å². The van der Waals surface area contributed by atoms with Crippen molar-refractivity contribution in [3.63, 3.8) is 0 Å². The number of nitrogens with two attached hydrogens (primary N) is 2. The van der Waals surface area contributed by atoms with E-state index in [9.17, 15) is 4.79 Å². The third-order valence-corrected chi connectivity index (χ3v) is 5.84. The Bertz CT molecular complexity index is 517. The molecule has 2 aliphatic carbocycles. The predicted molar refractivity (Wildman–Crippen MR) is 84.5 cm³/mol. The number of hydrogen-bond donors (Lipinski definition) is 2. The first-order chi connectivity index (χ1) is 9.61. The summed E-state index contributed by atoms with van der Waals surface area (Å²) in [6.45, 7) is 4.23. The lowest BCUT2D eigenvalue weighted by Gasteiger charge is -2.33. The molecule has 1 amide bonds. The van der Waals surface area contributed by atoms with Gasteiger partial charge in [0, 0.05) is 18.7 Å². The third-order valence-electron chi connectivity index (χ3n) is 4.55. The SMILES string of the molecule is CCN(CC1CCC1)c1sc(C(N)=O)c(N)c1C1CC1. The first kappa shape index (κ1) is 13.7. The van der Waals surface area contributed by atoms with Crippen LogP contribution in [0.2, 0.25) is 0 Å². The summed E-state index contributed by atoms with van der Waals surface area (Å²) >= 11 is 1.50. The van der Waals surface area contributed by atoms with Crippen molar-refractivity contribution in [2.45, 2.75) is 44.9 Å². The summed E-state index contributed by atoms with van der Waals surface area (Å²) in [5.41, 5.74) is 13.5. The third kappa shape index (κ3) is 2.39. The molecule has 4 nitrogen and oxygen atoms in total. The van der Waals surface area contributed by atoms with Crippen LogP contribution in [0.15, 0.2) is 0 Å². The summed E-state index contributed by atoms with van der Waals surface area (Å²) in [5.74, 6) is 0.965. The molecule has 0 atom stereocenters. The van der Waals surface area contributed by atoms with Gasteiger partial charge >= 0.3 is 0 Å². The largest absolute Gasteiger partial charge is 0.397 e. The topological polar surface area (TPSA) is 72.3 Å². The molecule has 20 heavy (non-hydrogen) atoms. The summed E-state index contributed by atoms with van der Waals surface area (Å²) in [4.78, 5) is 14.5. The fourth-order valence-electron chi connectivity index (χ4n) is 2.97. The molecule has 0 radical (unpaired) electrons. The molecule has 2 fully saturated rings. The fourth-order valence-corrected chi connectivity index (χ4v) is 4.20. The molecule has 4 N–H and O–H groups in total. The molecule has 5 heteroatoms. The van der Waals surface area contributed by atoms with Crippen LogP contribution in [0.4, 0.5) is 10.7 Å². The van der Waals surface area contributed by atoms with Gasteiger partial charge in [0.15, 0.2) is 0 Å². The lowest BCUT2D eigenvalue weighted by atomic mass is 9.85. The van der Waals surface area contributed by atoms with Crippen LogP contribution in [-0.2, 0) is 0 Å². The molecule has 0 bridgehead atoms. The van der Waals surface area contributed by atoms with E-state index in [0.29, 0.717) is 16.5 Å². The maximum atomic E-state index is 11.6. The zero-order valence-electron chi connectivity index (χ0n) is 12.0. The second-order valence-corrected chi connectivity index (χ2v) is 7.04. The van der Waals surface area contributed by atoms with E-state index < -0.39 is 0 Å². The van der Waals surface area contributed by atoms with Gasteiger partial charge < -0.3 is 16.4 Å². The molecule has 0 saturated heterocycles. The Morgan fingerprint density at radius 3 is 2.50 bits per heavy atom. The van der Waals surface area contributed by atoms with Crippen LogP contribution in [0, 0.1) is 5.92 Å². The van der Waals surface area contributed by atoms with Crippen LogP contribution in [0.25, 0.3) is 0 Å². The standard InChI is InChI=1S/C15H23N3OS/c1-2-18(8-9-4-3-5-9)15-11(10-6-7-10)12(16)13(20-15)14(17)19/h9-10H,2-8,16H2,1H3,(H2,17,19). The highest BCUT2D eigenvalue weighted by atomic mass is 32.1. The number of carbonyl (C=O) groups is 1. The van der Waals surface area contributed by atoms with E-state index in [-0.39, 0.29) is 5.91 Å². The first-order valence-corrected chi connectivity index (χ1v) is 8.40. The first-order valence-electron chi connectivity index (χ1n) is 7.58. The van der Waals surface area contributed by atoms with Gasteiger partial charge in [0.05, 0.1) is 10.7 Å². The summed E-state index contributed by atoms with van der Waals surface area (Å²) in [6, 6.07) is 0. The van der Waals surface area contributed by atoms with Crippen molar-refractivity contribution < 1.29 is 4.79 Å². The van der Waals surface area contributed by atoms with Crippen LogP contribution < -0.4 is 16.4 Å². The minimum atomic E-state index is -0.389. The van der Waals surface area contributed by atoms with Crippen LogP contribution in [0.1, 0.15) is 60.2 Å². The van der Waals surface area contributed by atoms with Gasteiger partial charge in [-0.1, -0.05) is 6.42 Å². The molecule has 1 aromatic heterocycles. The van der Waals surface area contributed by atoms with Gasteiger partial charge in [-0.05, 0) is 44.4 Å². The highest BCUT2D eigenvalue weighted by Gasteiger charge is 2.34. The summed E-state index contributed by atoms with van der Waals surface area (Å²) in [5, 5.41) is 1.20. The number of carbonyl (C=O) groups excluding carboxylic acids is 1. The Balaban J connectivity index is 1.92. The van der Waals surface area contributed by atoms with Crippen molar-refractivity contribution in [1.82, 2.24) is 0 Å². The van der Waals surface area contributed by atoms with E-state index in [4.69, 9.17) is 11.5 Å². The predicted octanol–water partition coefficient (Wildman–Crippen LogP) is 2.93. The van der Waals surface area contributed by atoms with Gasteiger partial charge in [0.1, 0.15) is 4.88 Å². The fraction of sp³-hybridized carbons (Fsp3) is 0.667. The molecule has 1 aromatic rings. The van der Waals surface area contributed by atoms with Gasteiger partial charge in [-0.25, -0.2) is 0 Å². The van der Waals surface area contributed by atoms with Gasteiger partial charge in [-0.2, -0.15) is 0 Å². The average molecular weight is 293 g/mol. The molecule has 2 aliphatic rings. The zero-order chi connectivity index (χ0) is 14.3. The number of hydrogen-bond acceptors (Lipinski definition) is 4. The molecule has 1 heterocycles. The van der Waals surface area contributed by atoms with E-state index in [1.54, 1.807) is 0 Å². The molecular formula is C15H23N3OS. The van der Waals surface area contributed by atoms with Crippen LogP contribution >= 0.6 is 11.3 Å². The van der Waals surface area contributed by atoms with E-state index >= 15 is 0 Å². The molecule has 3 rings (SSSR count). The second-order valence-electron chi connectivity index (χ2n) is 6.04. The molecule has 0 aromatic carbocycles. The van der Waals surface area contributed by atoms with Crippen molar-refractivity contribution in [2.75, 3.05) is 23.7 Å². The highest BCUT2D eigenvalue weighted by Crippen LogP contribution is 2.52. The normalized spacial score (nSPS) is 18.9. The number of primary amides is 1. The Labute approximate surface area is 124 Å². The maximum absolute atomic E-state index is 11.6. The Kier molecular flexibility index (Phi) is 3.63. The number of nitrogens with zero attached hydrogens (tertiary/aromatic N) is 1. The van der Waals surface area contributed by atoms with E-state index in [2.05, 4.69) is 11.8 Å². The average Bonchev–Trinajstić information content (AvgIpc) is 3.12. The quantitative estimate of drug-likeness (QED) is 0.847. The smallest absolute Gasteiger partial charge is 0.260 e. The molecular weight excluding hydrogens is 270 g/mol. The summed E-state index contributed by atoms with van der Waals surface area (Å²) in [7, 11) is 0. The maximum Gasteiger partial charge on any atom is 0.260 e. The molecule has 2 saturated carbocycles. The number of amides is 1. The number of thiophene rings is 1. The van der Waals surface area contributed by atoms with Crippen molar-refractivity contribution in [3.8, 4) is 0 Å². The van der Waals surface area contributed by atoms with Crippen molar-refractivity contribution in [2.24, 2.45) is 11.7 Å². The van der Waals surface area contributed by atoms with Crippen molar-refractivity contribution in [3.05, 3.63) is 10.4 Å². The Hall–Kier alpha value is -1.23. The molecule has 110 valence electrons. The van der Waals surface area contributed by atoms with E-state index in [1.165, 1.54) is 54.0 Å². The molecule has 0 spiro atoms. The van der Waals surface area contributed by atoms with Gasteiger partial charge in [0.2, 0.25) is 0 Å². The number of rotatable bonds is 6. The molecule has 0 aliphatic heterocycles. The second kappa shape index (κ2) is 5.28. The lowest BCUT2D eigenvalue weighted by Crippen LogP contribution is -2.32. The van der Waals surface area contributed by atoms with Crippen LogP contribution in [-0.4, -0.2) is 19.0 Å².